The number of ether oxygens (including phenoxy) is 2. The smallest absolute Gasteiger partial charge is 0.185 e. The average Bonchev–Trinajstić information content (AvgIpc) is 2.78. The van der Waals surface area contributed by atoms with Crippen molar-refractivity contribution < 1.29 is 19.4 Å². The summed E-state index contributed by atoms with van der Waals surface area (Å²) < 4.78 is 10.4. The molecule has 0 aliphatic rings. The molecule has 0 spiro atoms. The highest BCUT2D eigenvalue weighted by molar-refractivity contribution is 6.07. The van der Waals surface area contributed by atoms with Gasteiger partial charge in [0.1, 0.15) is 5.75 Å². The Balaban J connectivity index is 1.86. The van der Waals surface area contributed by atoms with Crippen molar-refractivity contribution >= 4 is 24.0 Å². The standard InChI is InChI=1S/C25H22O4/c1-28-22-13-10-18(11-14-22)8-9-19-16-21(25(27)24(17-19)29-2)12-15-23(26)20-6-4-3-5-7-20/h3-17,27H,1-2H3/b9-8+,15-12+. The molecule has 3 aromatic carbocycles. The Morgan fingerprint density at radius 3 is 2.17 bits per heavy atom. The van der Waals surface area contributed by atoms with E-state index in [0.717, 1.165) is 16.9 Å². The molecule has 146 valence electrons. The predicted molar refractivity (Wildman–Crippen MR) is 116 cm³/mol. The number of carbonyl (C=O) groups excluding carboxylic acids is 1. The number of phenolic OH excluding ortho intramolecular Hbond substituents is 1. The van der Waals surface area contributed by atoms with Gasteiger partial charge in [-0.3, -0.25) is 4.79 Å². The van der Waals surface area contributed by atoms with Crippen LogP contribution in [0.1, 0.15) is 27.0 Å². The van der Waals surface area contributed by atoms with E-state index in [0.29, 0.717) is 16.9 Å². The van der Waals surface area contributed by atoms with Gasteiger partial charge >= 0.3 is 0 Å². The Bertz CT molecular complexity index is 1030. The molecule has 4 nitrogen and oxygen atoms in total. The van der Waals surface area contributed by atoms with E-state index in [2.05, 4.69) is 0 Å². The largest absolute Gasteiger partial charge is 0.504 e. The number of rotatable bonds is 7. The van der Waals surface area contributed by atoms with Crippen LogP contribution in [0.25, 0.3) is 18.2 Å². The third-order valence-electron chi connectivity index (χ3n) is 4.40. The zero-order valence-electron chi connectivity index (χ0n) is 16.3. The number of phenols is 1. The second-order valence-corrected chi connectivity index (χ2v) is 6.33. The van der Waals surface area contributed by atoms with Gasteiger partial charge in [-0.15, -0.1) is 0 Å². The number of benzene rings is 3. The molecule has 0 amide bonds. The third-order valence-corrected chi connectivity index (χ3v) is 4.40. The van der Waals surface area contributed by atoms with E-state index in [1.54, 1.807) is 37.5 Å². The van der Waals surface area contributed by atoms with Crippen molar-refractivity contribution in [2.75, 3.05) is 14.2 Å². The summed E-state index contributed by atoms with van der Waals surface area (Å²) in [5.74, 6) is 0.993. The van der Waals surface area contributed by atoms with Gasteiger partial charge < -0.3 is 14.6 Å². The molecule has 0 aromatic heterocycles. The molecular formula is C25H22O4. The summed E-state index contributed by atoms with van der Waals surface area (Å²) in [6.07, 6.45) is 6.91. The summed E-state index contributed by atoms with van der Waals surface area (Å²) in [7, 11) is 3.12. The Labute approximate surface area is 170 Å². The minimum Gasteiger partial charge on any atom is -0.504 e. The number of aromatic hydroxyl groups is 1. The van der Waals surface area contributed by atoms with Crippen LogP contribution in [-0.4, -0.2) is 25.1 Å². The van der Waals surface area contributed by atoms with Gasteiger partial charge in [-0.25, -0.2) is 0 Å². The van der Waals surface area contributed by atoms with Crippen molar-refractivity contribution in [2.24, 2.45) is 0 Å². The van der Waals surface area contributed by atoms with Gasteiger partial charge in [0.05, 0.1) is 14.2 Å². The van der Waals surface area contributed by atoms with Crippen LogP contribution in [0.3, 0.4) is 0 Å². The Morgan fingerprint density at radius 1 is 0.828 bits per heavy atom. The second kappa shape index (κ2) is 9.42. The summed E-state index contributed by atoms with van der Waals surface area (Å²) in [4.78, 5) is 12.3. The molecule has 29 heavy (non-hydrogen) atoms. The Morgan fingerprint density at radius 2 is 1.52 bits per heavy atom. The van der Waals surface area contributed by atoms with Crippen molar-refractivity contribution in [2.45, 2.75) is 0 Å². The number of allylic oxidation sites excluding steroid dienone is 1. The van der Waals surface area contributed by atoms with Crippen LogP contribution in [0.5, 0.6) is 17.2 Å². The van der Waals surface area contributed by atoms with Crippen LogP contribution in [0, 0.1) is 0 Å². The van der Waals surface area contributed by atoms with E-state index in [4.69, 9.17) is 9.47 Å². The van der Waals surface area contributed by atoms with Crippen molar-refractivity contribution in [3.8, 4) is 17.2 Å². The van der Waals surface area contributed by atoms with Crippen LogP contribution in [-0.2, 0) is 0 Å². The molecule has 0 aliphatic carbocycles. The molecule has 0 bridgehead atoms. The number of ketones is 1. The molecule has 0 aliphatic heterocycles. The van der Waals surface area contributed by atoms with E-state index >= 15 is 0 Å². The molecule has 4 heteroatoms. The van der Waals surface area contributed by atoms with Gasteiger partial charge in [-0.2, -0.15) is 0 Å². The number of carbonyl (C=O) groups is 1. The molecule has 0 saturated carbocycles. The van der Waals surface area contributed by atoms with Crippen molar-refractivity contribution in [3.05, 3.63) is 95.1 Å². The van der Waals surface area contributed by atoms with Crippen LogP contribution >= 0.6 is 0 Å². The summed E-state index contributed by atoms with van der Waals surface area (Å²) in [5, 5.41) is 10.4. The molecule has 3 rings (SSSR count). The third kappa shape index (κ3) is 5.14. The molecule has 0 heterocycles. The first kappa shape index (κ1) is 20.0. The maximum absolute atomic E-state index is 12.3. The Hall–Kier alpha value is -3.79. The summed E-state index contributed by atoms with van der Waals surface area (Å²) in [6.45, 7) is 0. The van der Waals surface area contributed by atoms with E-state index in [1.165, 1.54) is 13.2 Å². The molecule has 0 atom stereocenters. The van der Waals surface area contributed by atoms with Crippen LogP contribution in [0.15, 0.2) is 72.8 Å². The normalized spacial score (nSPS) is 11.1. The van der Waals surface area contributed by atoms with E-state index in [1.807, 2.05) is 54.6 Å². The van der Waals surface area contributed by atoms with Gasteiger partial charge in [0.2, 0.25) is 0 Å². The van der Waals surface area contributed by atoms with Gasteiger partial charge in [0.25, 0.3) is 0 Å². The lowest BCUT2D eigenvalue weighted by atomic mass is 10.0. The van der Waals surface area contributed by atoms with Gasteiger partial charge in [0, 0.05) is 11.1 Å². The van der Waals surface area contributed by atoms with Gasteiger partial charge in [-0.1, -0.05) is 54.6 Å². The summed E-state index contributed by atoms with van der Waals surface area (Å²) >= 11 is 0. The van der Waals surface area contributed by atoms with E-state index < -0.39 is 0 Å². The first-order chi connectivity index (χ1) is 14.1. The SMILES string of the molecule is COc1ccc(/C=C/c2cc(/C=C/C(=O)c3ccccc3)c(O)c(OC)c2)cc1. The van der Waals surface area contributed by atoms with E-state index in [9.17, 15) is 9.90 Å². The zero-order chi connectivity index (χ0) is 20.6. The lowest BCUT2D eigenvalue weighted by Crippen LogP contribution is -1.93. The van der Waals surface area contributed by atoms with E-state index in [-0.39, 0.29) is 11.5 Å². The topological polar surface area (TPSA) is 55.8 Å². The number of methoxy groups -OCH3 is 2. The molecule has 0 radical (unpaired) electrons. The number of hydrogen-bond acceptors (Lipinski definition) is 4. The number of hydrogen-bond donors (Lipinski definition) is 1. The molecule has 0 fully saturated rings. The van der Waals surface area contributed by atoms with Gasteiger partial charge in [0.15, 0.2) is 17.3 Å². The molecular weight excluding hydrogens is 364 g/mol. The quantitative estimate of drug-likeness (QED) is 0.332. The van der Waals surface area contributed by atoms with Gasteiger partial charge in [-0.05, 0) is 47.5 Å². The van der Waals surface area contributed by atoms with Crippen molar-refractivity contribution in [1.29, 1.82) is 0 Å². The van der Waals surface area contributed by atoms with Crippen LogP contribution < -0.4 is 9.47 Å². The Kier molecular flexibility index (Phi) is 6.48. The average molecular weight is 386 g/mol. The maximum Gasteiger partial charge on any atom is 0.185 e. The molecule has 3 aromatic rings. The fourth-order valence-electron chi connectivity index (χ4n) is 2.80. The second-order valence-electron chi connectivity index (χ2n) is 6.33. The molecule has 0 saturated heterocycles. The first-order valence-electron chi connectivity index (χ1n) is 9.11. The monoisotopic (exact) mass is 386 g/mol. The fourth-order valence-corrected chi connectivity index (χ4v) is 2.80. The highest BCUT2D eigenvalue weighted by Gasteiger charge is 2.09. The highest BCUT2D eigenvalue weighted by atomic mass is 16.5. The van der Waals surface area contributed by atoms with Crippen molar-refractivity contribution in [3.63, 3.8) is 0 Å². The molecule has 1 N–H and O–H groups in total. The lowest BCUT2D eigenvalue weighted by Gasteiger charge is -2.08. The zero-order valence-corrected chi connectivity index (χ0v) is 16.3. The summed E-state index contributed by atoms with van der Waals surface area (Å²) in [5.41, 5.74) is 2.94. The minimum atomic E-state index is -0.136. The lowest BCUT2D eigenvalue weighted by molar-refractivity contribution is 0.104. The first-order valence-corrected chi connectivity index (χ1v) is 9.11. The predicted octanol–water partition coefficient (Wildman–Crippen LogP) is 5.48. The highest BCUT2D eigenvalue weighted by Crippen LogP contribution is 2.33. The van der Waals surface area contributed by atoms with Crippen LogP contribution in [0.2, 0.25) is 0 Å². The maximum atomic E-state index is 12.3. The summed E-state index contributed by atoms with van der Waals surface area (Å²) in [6, 6.07) is 20.2. The van der Waals surface area contributed by atoms with Crippen molar-refractivity contribution in [1.82, 2.24) is 0 Å². The minimum absolute atomic E-state index is 0.00814. The van der Waals surface area contributed by atoms with Crippen LogP contribution in [0.4, 0.5) is 0 Å². The molecule has 0 unspecified atom stereocenters. The fraction of sp³-hybridized carbons (Fsp3) is 0.0800.